The first-order valence-electron chi connectivity index (χ1n) is 2.68. The highest BCUT2D eigenvalue weighted by Gasteiger charge is 1.93. The van der Waals surface area contributed by atoms with Crippen LogP contribution < -0.4 is 0 Å². The first-order valence-corrected chi connectivity index (χ1v) is 4.33. The fourth-order valence-corrected chi connectivity index (χ4v) is 2.23. The van der Waals surface area contributed by atoms with Gasteiger partial charge in [-0.2, -0.15) is 0 Å². The molecule has 0 amide bonds. The molecule has 0 unspecified atom stereocenters. The number of thiophene rings is 1. The Morgan fingerprint density at radius 1 is 1.56 bits per heavy atom. The molecule has 0 aliphatic carbocycles. The van der Waals surface area contributed by atoms with E-state index in [0.29, 0.717) is 0 Å². The predicted octanol–water partition coefficient (Wildman–Crippen LogP) is 2.32. The quantitative estimate of drug-likeness (QED) is 0.609. The average Bonchev–Trinajstić information content (AvgIpc) is 2.15. The Kier molecular flexibility index (Phi) is 2.57. The zero-order valence-corrected chi connectivity index (χ0v) is 7.13. The van der Waals surface area contributed by atoms with Gasteiger partial charge in [0.15, 0.2) is 0 Å². The van der Waals surface area contributed by atoms with E-state index in [1.165, 1.54) is 4.21 Å². The normalized spacial score (nSPS) is 10.6. The Labute approximate surface area is 63.8 Å². The van der Waals surface area contributed by atoms with E-state index in [4.69, 9.17) is 0 Å². The lowest BCUT2D eigenvalue weighted by Crippen LogP contribution is -1.96. The zero-order chi connectivity index (χ0) is 6.69. The summed E-state index contributed by atoms with van der Waals surface area (Å²) in [6, 6.07) is 4.19. The monoisotopic (exact) mass is 159 g/mol. The highest BCUT2D eigenvalue weighted by Crippen LogP contribution is 2.24. The van der Waals surface area contributed by atoms with Crippen molar-refractivity contribution in [3.8, 4) is 0 Å². The van der Waals surface area contributed by atoms with E-state index in [-0.39, 0.29) is 0 Å². The third kappa shape index (κ3) is 2.39. The van der Waals surface area contributed by atoms with Crippen LogP contribution in [-0.4, -0.2) is 18.4 Å². The first kappa shape index (κ1) is 7.12. The first-order chi connectivity index (χ1) is 4.29. The Bertz CT molecular complexity index is 158. The molecule has 50 valence electrons. The Balaban J connectivity index is 2.48. The van der Waals surface area contributed by atoms with Crippen LogP contribution in [0, 0.1) is 0 Å². The summed E-state index contributed by atoms with van der Waals surface area (Å²) in [4.78, 5) is 0. The molecule has 0 fully saturated rings. The second kappa shape index (κ2) is 3.25. The lowest BCUT2D eigenvalue weighted by atomic mass is 10.7. The van der Waals surface area contributed by atoms with Crippen molar-refractivity contribution in [2.75, 3.05) is 14.1 Å². The van der Waals surface area contributed by atoms with Gasteiger partial charge in [0.1, 0.15) is 0 Å². The van der Waals surface area contributed by atoms with E-state index >= 15 is 0 Å². The lowest BCUT2D eigenvalue weighted by Gasteiger charge is -2.03. The molecule has 0 aliphatic heterocycles. The molecule has 0 aromatic carbocycles. The summed E-state index contributed by atoms with van der Waals surface area (Å²) in [7, 11) is 4.09. The molecule has 0 bridgehead atoms. The van der Waals surface area contributed by atoms with Crippen molar-refractivity contribution >= 4 is 23.3 Å². The zero-order valence-electron chi connectivity index (χ0n) is 5.50. The SMILES string of the molecule is CN(C)Sc1cccs1. The minimum absolute atomic E-state index is 1.35. The summed E-state index contributed by atoms with van der Waals surface area (Å²) >= 11 is 3.53. The van der Waals surface area contributed by atoms with E-state index in [1.807, 2.05) is 14.1 Å². The van der Waals surface area contributed by atoms with Gasteiger partial charge >= 0.3 is 0 Å². The number of nitrogens with zero attached hydrogens (tertiary/aromatic N) is 1. The second-order valence-electron chi connectivity index (χ2n) is 1.84. The fourth-order valence-electron chi connectivity index (χ4n) is 0.495. The Hall–Kier alpha value is 0.01000. The van der Waals surface area contributed by atoms with Crippen molar-refractivity contribution in [3.05, 3.63) is 17.5 Å². The molecule has 1 aromatic heterocycles. The van der Waals surface area contributed by atoms with Crippen LogP contribution in [0.4, 0.5) is 0 Å². The molecule has 0 radical (unpaired) electrons. The smallest absolute Gasteiger partial charge is 0.0753 e. The number of hydrogen-bond acceptors (Lipinski definition) is 3. The lowest BCUT2D eigenvalue weighted by molar-refractivity contribution is 0.704. The van der Waals surface area contributed by atoms with Gasteiger partial charge in [0.25, 0.3) is 0 Å². The van der Waals surface area contributed by atoms with Gasteiger partial charge in [-0.3, -0.25) is 4.31 Å². The van der Waals surface area contributed by atoms with Crippen molar-refractivity contribution in [2.24, 2.45) is 0 Å². The summed E-state index contributed by atoms with van der Waals surface area (Å²) < 4.78 is 3.44. The van der Waals surface area contributed by atoms with Gasteiger partial charge in [0.2, 0.25) is 0 Å². The molecule has 0 aliphatic rings. The molecule has 0 saturated heterocycles. The van der Waals surface area contributed by atoms with Crippen LogP contribution in [0.15, 0.2) is 21.7 Å². The van der Waals surface area contributed by atoms with Crippen molar-refractivity contribution in [2.45, 2.75) is 4.21 Å². The largest absolute Gasteiger partial charge is 0.252 e. The predicted molar refractivity (Wildman–Crippen MR) is 43.9 cm³/mol. The molecule has 1 heterocycles. The second-order valence-corrected chi connectivity index (χ2v) is 4.39. The molecule has 0 N–H and O–H groups in total. The Morgan fingerprint density at radius 2 is 2.33 bits per heavy atom. The molecule has 9 heavy (non-hydrogen) atoms. The molecular weight excluding hydrogens is 150 g/mol. The Morgan fingerprint density at radius 3 is 2.78 bits per heavy atom. The summed E-state index contributed by atoms with van der Waals surface area (Å²) in [6.07, 6.45) is 0. The summed E-state index contributed by atoms with van der Waals surface area (Å²) in [5.74, 6) is 0. The van der Waals surface area contributed by atoms with Crippen molar-refractivity contribution in [1.29, 1.82) is 0 Å². The maximum atomic E-state index is 2.12. The van der Waals surface area contributed by atoms with Crippen molar-refractivity contribution in [3.63, 3.8) is 0 Å². The molecule has 0 saturated carbocycles. The minimum atomic E-state index is 1.35. The van der Waals surface area contributed by atoms with Crippen LogP contribution in [0.2, 0.25) is 0 Å². The molecule has 1 aromatic rings. The van der Waals surface area contributed by atoms with Gasteiger partial charge < -0.3 is 0 Å². The van der Waals surface area contributed by atoms with Crippen LogP contribution in [0.3, 0.4) is 0 Å². The van der Waals surface area contributed by atoms with Crippen LogP contribution in [0.5, 0.6) is 0 Å². The molecule has 1 rings (SSSR count). The molecule has 0 spiro atoms. The minimum Gasteiger partial charge on any atom is -0.252 e. The summed E-state index contributed by atoms with van der Waals surface area (Å²) in [6.45, 7) is 0. The molecule has 0 atom stereocenters. The van der Waals surface area contributed by atoms with Crippen molar-refractivity contribution < 1.29 is 0 Å². The van der Waals surface area contributed by atoms with Gasteiger partial charge in [0.05, 0.1) is 4.21 Å². The van der Waals surface area contributed by atoms with Gasteiger partial charge in [-0.05, 0) is 37.5 Å². The van der Waals surface area contributed by atoms with Crippen LogP contribution >= 0.6 is 23.3 Å². The van der Waals surface area contributed by atoms with Crippen LogP contribution in [-0.2, 0) is 0 Å². The number of rotatable bonds is 2. The highest BCUT2D eigenvalue weighted by atomic mass is 32.2. The third-order valence-electron chi connectivity index (χ3n) is 0.768. The summed E-state index contributed by atoms with van der Waals surface area (Å²) in [5, 5.41) is 2.09. The average molecular weight is 159 g/mol. The third-order valence-corrected chi connectivity index (χ3v) is 2.62. The van der Waals surface area contributed by atoms with Crippen molar-refractivity contribution in [1.82, 2.24) is 4.31 Å². The maximum absolute atomic E-state index is 2.12. The van der Waals surface area contributed by atoms with Gasteiger partial charge in [-0.15, -0.1) is 11.3 Å². The highest BCUT2D eigenvalue weighted by molar-refractivity contribution is 7.98. The topological polar surface area (TPSA) is 3.24 Å². The standard InChI is InChI=1S/C6H9NS2/c1-7(2)9-6-4-3-5-8-6/h3-5H,1-2H3. The molecule has 1 nitrogen and oxygen atoms in total. The van der Waals surface area contributed by atoms with E-state index in [1.54, 1.807) is 23.3 Å². The van der Waals surface area contributed by atoms with E-state index in [0.717, 1.165) is 0 Å². The van der Waals surface area contributed by atoms with E-state index in [9.17, 15) is 0 Å². The van der Waals surface area contributed by atoms with Gasteiger partial charge in [-0.1, -0.05) is 6.07 Å². The van der Waals surface area contributed by atoms with E-state index < -0.39 is 0 Å². The van der Waals surface area contributed by atoms with Gasteiger partial charge in [-0.25, -0.2) is 0 Å². The number of hydrogen-bond donors (Lipinski definition) is 0. The van der Waals surface area contributed by atoms with E-state index in [2.05, 4.69) is 21.8 Å². The van der Waals surface area contributed by atoms with Crippen LogP contribution in [0.1, 0.15) is 0 Å². The van der Waals surface area contributed by atoms with Crippen LogP contribution in [0.25, 0.3) is 0 Å². The summed E-state index contributed by atoms with van der Waals surface area (Å²) in [5.41, 5.74) is 0. The maximum Gasteiger partial charge on any atom is 0.0753 e. The fraction of sp³-hybridized carbons (Fsp3) is 0.333. The van der Waals surface area contributed by atoms with Gasteiger partial charge in [0, 0.05) is 0 Å². The molecular formula is C6H9NS2. The molecule has 3 heteroatoms.